The quantitative estimate of drug-likeness (QED) is 0.876. The summed E-state index contributed by atoms with van der Waals surface area (Å²) in [5.74, 6) is -0.765. The molecule has 0 aliphatic carbocycles. The zero-order chi connectivity index (χ0) is 13.8. The number of hydrogen-bond donors (Lipinski definition) is 1. The number of aromatic nitrogens is 2. The Balaban J connectivity index is 2.16. The van der Waals surface area contributed by atoms with Gasteiger partial charge in [0.2, 0.25) is 0 Å². The zero-order valence-corrected chi connectivity index (χ0v) is 11.9. The molecule has 2 rings (SSSR count). The Morgan fingerprint density at radius 1 is 1.47 bits per heavy atom. The van der Waals surface area contributed by atoms with Crippen LogP contribution in [0.2, 0.25) is 0 Å². The highest BCUT2D eigenvalue weighted by atomic mass is 32.1. The van der Waals surface area contributed by atoms with E-state index in [-0.39, 0.29) is 5.91 Å². The largest absolute Gasteiger partial charge is 0.462 e. The minimum atomic E-state index is -0.446. The molecule has 0 aliphatic heterocycles. The maximum Gasteiger partial charge on any atom is 0.341 e. The van der Waals surface area contributed by atoms with Gasteiger partial charge in [0, 0.05) is 0 Å². The molecule has 0 unspecified atom stereocenters. The van der Waals surface area contributed by atoms with E-state index in [0.29, 0.717) is 27.7 Å². The van der Waals surface area contributed by atoms with Crippen molar-refractivity contribution in [1.29, 1.82) is 0 Å². The van der Waals surface area contributed by atoms with Gasteiger partial charge in [-0.25, -0.2) is 4.79 Å². The lowest BCUT2D eigenvalue weighted by atomic mass is 10.3. The van der Waals surface area contributed by atoms with Crippen LogP contribution in [0.4, 0.5) is 5.00 Å². The molecule has 0 radical (unpaired) electrons. The third kappa shape index (κ3) is 2.96. The Morgan fingerprint density at radius 2 is 2.26 bits per heavy atom. The van der Waals surface area contributed by atoms with Gasteiger partial charge in [-0.3, -0.25) is 4.79 Å². The first-order valence-corrected chi connectivity index (χ1v) is 7.13. The van der Waals surface area contributed by atoms with Gasteiger partial charge in [0.05, 0.1) is 17.9 Å². The monoisotopic (exact) mass is 297 g/mol. The van der Waals surface area contributed by atoms with Gasteiger partial charge in [0.25, 0.3) is 5.91 Å². The highest BCUT2D eigenvalue weighted by molar-refractivity contribution is 7.15. The number of carbonyl (C=O) groups is 2. The third-order valence-electron chi connectivity index (χ3n) is 2.25. The number of nitrogens with zero attached hydrogens (tertiary/aromatic N) is 2. The first kappa shape index (κ1) is 13.6. The van der Waals surface area contributed by atoms with E-state index < -0.39 is 5.97 Å². The van der Waals surface area contributed by atoms with Gasteiger partial charge < -0.3 is 10.1 Å². The molecule has 0 saturated carbocycles. The average Bonchev–Trinajstić information content (AvgIpc) is 2.98. The molecule has 0 saturated heterocycles. The van der Waals surface area contributed by atoms with Crippen LogP contribution in [0.5, 0.6) is 0 Å². The van der Waals surface area contributed by atoms with Gasteiger partial charge in [0.15, 0.2) is 0 Å². The van der Waals surface area contributed by atoms with Crippen molar-refractivity contribution in [2.75, 3.05) is 11.9 Å². The van der Waals surface area contributed by atoms with Crippen molar-refractivity contribution < 1.29 is 14.3 Å². The predicted octanol–water partition coefficient (Wildman–Crippen LogP) is 2.34. The summed E-state index contributed by atoms with van der Waals surface area (Å²) in [7, 11) is 0. The number of amides is 1. The fourth-order valence-electron chi connectivity index (χ4n) is 1.38. The molecular formula is C11H11N3O3S2. The number of hydrogen-bond acceptors (Lipinski definition) is 7. The molecule has 6 nitrogen and oxygen atoms in total. The Morgan fingerprint density at radius 3 is 2.89 bits per heavy atom. The number of anilines is 1. The Hall–Kier alpha value is -1.80. The number of nitrogens with one attached hydrogen (secondary N) is 1. The van der Waals surface area contributed by atoms with E-state index in [1.165, 1.54) is 11.3 Å². The summed E-state index contributed by atoms with van der Waals surface area (Å²) >= 11 is 2.29. The van der Waals surface area contributed by atoms with Crippen LogP contribution in [-0.4, -0.2) is 28.1 Å². The number of carbonyl (C=O) groups excluding carboxylic acids is 2. The first-order chi connectivity index (χ1) is 9.13. The van der Waals surface area contributed by atoms with Crippen molar-refractivity contribution in [3.63, 3.8) is 0 Å². The minimum absolute atomic E-state index is 0.292. The van der Waals surface area contributed by atoms with E-state index in [2.05, 4.69) is 14.9 Å². The average molecular weight is 297 g/mol. The van der Waals surface area contributed by atoms with Crippen molar-refractivity contribution in [3.05, 3.63) is 27.6 Å². The van der Waals surface area contributed by atoms with E-state index in [4.69, 9.17) is 4.74 Å². The van der Waals surface area contributed by atoms with Gasteiger partial charge in [-0.05, 0) is 36.8 Å². The number of aryl methyl sites for hydroxylation is 1. The van der Waals surface area contributed by atoms with Crippen LogP contribution in [0.25, 0.3) is 0 Å². The summed E-state index contributed by atoms with van der Waals surface area (Å²) in [4.78, 5) is 24.1. The van der Waals surface area contributed by atoms with Crippen LogP contribution in [0, 0.1) is 6.92 Å². The Bertz CT molecular complexity index is 606. The second kappa shape index (κ2) is 5.89. The normalized spacial score (nSPS) is 10.2. The standard InChI is InChI=1S/C11H11N3O3S2/c1-3-17-11(16)7-4-5-18-10(7)12-9(15)8-6(2)13-14-19-8/h4-5H,3H2,1-2H3,(H,12,15). The molecule has 2 aromatic rings. The molecule has 0 fully saturated rings. The van der Waals surface area contributed by atoms with E-state index >= 15 is 0 Å². The van der Waals surface area contributed by atoms with Crippen LogP contribution in [-0.2, 0) is 4.74 Å². The summed E-state index contributed by atoms with van der Waals surface area (Å²) in [6.07, 6.45) is 0. The highest BCUT2D eigenvalue weighted by Crippen LogP contribution is 2.25. The van der Waals surface area contributed by atoms with Crippen LogP contribution < -0.4 is 5.32 Å². The van der Waals surface area contributed by atoms with Gasteiger partial charge in [0.1, 0.15) is 9.88 Å². The molecule has 0 spiro atoms. The molecule has 2 heterocycles. The number of ether oxygens (including phenoxy) is 1. The molecule has 100 valence electrons. The molecule has 0 aromatic carbocycles. The summed E-state index contributed by atoms with van der Waals surface area (Å²) < 4.78 is 8.62. The highest BCUT2D eigenvalue weighted by Gasteiger charge is 2.19. The zero-order valence-electron chi connectivity index (χ0n) is 10.3. The number of rotatable bonds is 4. The van der Waals surface area contributed by atoms with E-state index in [9.17, 15) is 9.59 Å². The van der Waals surface area contributed by atoms with Crippen molar-refractivity contribution in [1.82, 2.24) is 9.59 Å². The van der Waals surface area contributed by atoms with Gasteiger partial charge in [-0.2, -0.15) is 0 Å². The smallest absolute Gasteiger partial charge is 0.341 e. The van der Waals surface area contributed by atoms with Crippen molar-refractivity contribution >= 4 is 39.7 Å². The Labute approximate surface area is 117 Å². The maximum absolute atomic E-state index is 12.0. The molecular weight excluding hydrogens is 286 g/mol. The van der Waals surface area contributed by atoms with Crippen LogP contribution >= 0.6 is 22.9 Å². The summed E-state index contributed by atoms with van der Waals surface area (Å²) in [6, 6.07) is 1.62. The molecule has 19 heavy (non-hydrogen) atoms. The van der Waals surface area contributed by atoms with Crippen LogP contribution in [0.1, 0.15) is 32.6 Å². The predicted molar refractivity (Wildman–Crippen MR) is 72.9 cm³/mol. The van der Waals surface area contributed by atoms with E-state index in [0.717, 1.165) is 11.5 Å². The number of esters is 1. The third-order valence-corrected chi connectivity index (χ3v) is 3.90. The fourth-order valence-corrected chi connectivity index (χ4v) is 2.70. The molecule has 0 atom stereocenters. The molecule has 1 N–H and O–H groups in total. The van der Waals surface area contributed by atoms with Crippen LogP contribution in [0.3, 0.4) is 0 Å². The van der Waals surface area contributed by atoms with Crippen molar-refractivity contribution in [2.24, 2.45) is 0 Å². The topological polar surface area (TPSA) is 81.2 Å². The summed E-state index contributed by atoms with van der Waals surface area (Å²) in [5.41, 5.74) is 0.923. The van der Waals surface area contributed by atoms with Crippen molar-refractivity contribution in [3.8, 4) is 0 Å². The number of thiophene rings is 1. The van der Waals surface area contributed by atoms with E-state index in [1.807, 2.05) is 0 Å². The molecule has 0 aliphatic rings. The lowest BCUT2D eigenvalue weighted by Crippen LogP contribution is -2.14. The van der Waals surface area contributed by atoms with Gasteiger partial charge in [-0.15, -0.1) is 16.4 Å². The van der Waals surface area contributed by atoms with Crippen molar-refractivity contribution in [2.45, 2.75) is 13.8 Å². The lowest BCUT2D eigenvalue weighted by Gasteiger charge is -2.04. The minimum Gasteiger partial charge on any atom is -0.462 e. The SMILES string of the molecule is CCOC(=O)c1ccsc1NC(=O)c1snnc1C. The summed E-state index contributed by atoms with van der Waals surface area (Å²) in [6.45, 7) is 3.73. The lowest BCUT2D eigenvalue weighted by molar-refractivity contribution is 0.0528. The second-order valence-corrected chi connectivity index (χ2v) is 5.20. The molecule has 0 bridgehead atoms. The van der Waals surface area contributed by atoms with Gasteiger partial charge >= 0.3 is 5.97 Å². The molecule has 2 aromatic heterocycles. The molecule has 8 heteroatoms. The molecule has 1 amide bonds. The van der Waals surface area contributed by atoms with Crippen LogP contribution in [0.15, 0.2) is 11.4 Å². The second-order valence-electron chi connectivity index (χ2n) is 3.53. The maximum atomic E-state index is 12.0. The fraction of sp³-hybridized carbons (Fsp3) is 0.273. The summed E-state index contributed by atoms with van der Waals surface area (Å²) in [5, 5.41) is 8.65. The first-order valence-electron chi connectivity index (χ1n) is 5.48. The van der Waals surface area contributed by atoms with E-state index in [1.54, 1.807) is 25.3 Å². The van der Waals surface area contributed by atoms with Gasteiger partial charge in [-0.1, -0.05) is 4.49 Å². The Kier molecular flexibility index (Phi) is 4.23.